The highest BCUT2D eigenvalue weighted by Gasteiger charge is 2.52. The maximum Gasteiger partial charge on any atom is 0.201 e. The van der Waals surface area contributed by atoms with Gasteiger partial charge < -0.3 is 10.3 Å². The van der Waals surface area contributed by atoms with Gasteiger partial charge in [0.25, 0.3) is 0 Å². The van der Waals surface area contributed by atoms with E-state index >= 15 is 0 Å². The van der Waals surface area contributed by atoms with Gasteiger partial charge in [0.15, 0.2) is 0 Å². The van der Waals surface area contributed by atoms with Gasteiger partial charge in [-0.2, -0.15) is 0 Å². The Balaban J connectivity index is 1.73. The molecule has 0 aliphatic heterocycles. The van der Waals surface area contributed by atoms with Gasteiger partial charge in [-0.15, -0.1) is 0 Å². The molecule has 4 aliphatic carbocycles. The van der Waals surface area contributed by atoms with Gasteiger partial charge in [-0.3, -0.25) is 0 Å². The molecule has 4 bridgehead atoms. The molecule has 3 heteroatoms. The molecule has 3 nitrogen and oxygen atoms in total. The molecule has 4 saturated carbocycles. The molecule has 1 aromatic heterocycles. The van der Waals surface area contributed by atoms with Crippen LogP contribution in [0, 0.1) is 24.7 Å². The Kier molecular flexibility index (Phi) is 2.20. The number of rotatable bonds is 1. The lowest BCUT2D eigenvalue weighted by Gasteiger charge is -2.57. The number of benzene rings is 1. The zero-order chi connectivity index (χ0) is 14.2. The zero-order valence-electron chi connectivity index (χ0n) is 12.7. The summed E-state index contributed by atoms with van der Waals surface area (Å²) < 4.78 is 2.43. The van der Waals surface area contributed by atoms with Crippen molar-refractivity contribution in [3.05, 3.63) is 23.8 Å². The van der Waals surface area contributed by atoms with E-state index in [1.807, 2.05) is 0 Å². The number of aromatic nitrogens is 2. The van der Waals surface area contributed by atoms with Crippen LogP contribution in [0.3, 0.4) is 0 Å². The van der Waals surface area contributed by atoms with Crippen molar-refractivity contribution in [3.63, 3.8) is 0 Å². The monoisotopic (exact) mass is 281 g/mol. The van der Waals surface area contributed by atoms with Gasteiger partial charge in [-0.25, -0.2) is 4.98 Å². The van der Waals surface area contributed by atoms with Crippen molar-refractivity contribution in [1.82, 2.24) is 9.55 Å². The summed E-state index contributed by atoms with van der Waals surface area (Å²) in [5, 5.41) is 0. The fraction of sp³-hybridized carbons (Fsp3) is 0.611. The van der Waals surface area contributed by atoms with Crippen LogP contribution in [-0.2, 0) is 5.54 Å². The van der Waals surface area contributed by atoms with Crippen molar-refractivity contribution < 1.29 is 0 Å². The first-order chi connectivity index (χ1) is 10.1. The third kappa shape index (κ3) is 1.58. The van der Waals surface area contributed by atoms with E-state index in [1.165, 1.54) is 49.6 Å². The van der Waals surface area contributed by atoms with Crippen molar-refractivity contribution in [2.24, 2.45) is 17.8 Å². The van der Waals surface area contributed by atoms with Crippen molar-refractivity contribution in [1.29, 1.82) is 0 Å². The first kappa shape index (κ1) is 12.1. The van der Waals surface area contributed by atoms with E-state index in [4.69, 9.17) is 5.73 Å². The number of nitrogens with zero attached hydrogens (tertiary/aromatic N) is 2. The fourth-order valence-electron chi connectivity index (χ4n) is 6.04. The van der Waals surface area contributed by atoms with Crippen LogP contribution in [0.1, 0.15) is 44.1 Å². The topological polar surface area (TPSA) is 43.8 Å². The first-order valence-corrected chi connectivity index (χ1v) is 8.38. The third-order valence-corrected chi connectivity index (χ3v) is 6.32. The summed E-state index contributed by atoms with van der Waals surface area (Å²) in [5.41, 5.74) is 10.3. The van der Waals surface area contributed by atoms with E-state index in [1.54, 1.807) is 0 Å². The highest BCUT2D eigenvalue weighted by atomic mass is 15.2. The van der Waals surface area contributed by atoms with Crippen LogP contribution >= 0.6 is 0 Å². The number of anilines is 1. The predicted octanol–water partition coefficient (Wildman–Crippen LogP) is 3.85. The average molecular weight is 281 g/mol. The predicted molar refractivity (Wildman–Crippen MR) is 85.0 cm³/mol. The molecule has 0 atom stereocenters. The summed E-state index contributed by atoms with van der Waals surface area (Å²) in [5.74, 6) is 3.52. The molecule has 1 heterocycles. The summed E-state index contributed by atoms with van der Waals surface area (Å²) in [6.07, 6.45) is 8.36. The minimum atomic E-state index is 0.265. The molecular weight excluding hydrogens is 258 g/mol. The number of hydrogen-bond donors (Lipinski definition) is 1. The van der Waals surface area contributed by atoms with Crippen molar-refractivity contribution in [2.45, 2.75) is 51.0 Å². The van der Waals surface area contributed by atoms with E-state index in [0.717, 1.165) is 29.2 Å². The summed E-state index contributed by atoms with van der Waals surface area (Å²) in [6, 6.07) is 6.54. The lowest BCUT2D eigenvalue weighted by molar-refractivity contribution is -0.0398. The number of fused-ring (bicyclic) bond motifs is 1. The molecule has 0 amide bonds. The maximum atomic E-state index is 6.38. The van der Waals surface area contributed by atoms with Gasteiger partial charge in [0, 0.05) is 5.54 Å². The molecule has 0 saturated heterocycles. The Morgan fingerprint density at radius 1 is 1.10 bits per heavy atom. The van der Waals surface area contributed by atoms with Gasteiger partial charge in [-0.05, 0) is 80.9 Å². The normalized spacial score (nSPS) is 37.5. The highest BCUT2D eigenvalue weighted by Crippen LogP contribution is 2.59. The molecule has 6 rings (SSSR count). The molecular formula is C18H23N3. The molecule has 110 valence electrons. The number of aryl methyl sites for hydroxylation is 1. The lowest BCUT2D eigenvalue weighted by Crippen LogP contribution is -2.52. The molecule has 0 unspecified atom stereocenters. The summed E-state index contributed by atoms with van der Waals surface area (Å²) in [4.78, 5) is 4.65. The molecule has 2 N–H and O–H groups in total. The first-order valence-electron chi connectivity index (χ1n) is 8.38. The molecule has 4 aliphatic rings. The molecule has 0 radical (unpaired) electrons. The van der Waals surface area contributed by atoms with E-state index in [-0.39, 0.29) is 5.54 Å². The average Bonchev–Trinajstić information content (AvgIpc) is 2.72. The van der Waals surface area contributed by atoms with Gasteiger partial charge in [-0.1, -0.05) is 6.07 Å². The summed E-state index contributed by atoms with van der Waals surface area (Å²) >= 11 is 0. The second-order valence-corrected chi connectivity index (χ2v) is 7.94. The van der Waals surface area contributed by atoms with Gasteiger partial charge >= 0.3 is 0 Å². The fourth-order valence-corrected chi connectivity index (χ4v) is 6.04. The quantitative estimate of drug-likeness (QED) is 0.862. The molecule has 21 heavy (non-hydrogen) atoms. The summed E-state index contributed by atoms with van der Waals surface area (Å²) in [6.45, 7) is 2.16. The van der Waals surface area contributed by atoms with Crippen LogP contribution in [0.25, 0.3) is 11.0 Å². The number of hydrogen-bond acceptors (Lipinski definition) is 2. The Labute approximate surface area is 125 Å². The Morgan fingerprint density at radius 3 is 2.33 bits per heavy atom. The minimum Gasteiger partial charge on any atom is -0.369 e. The van der Waals surface area contributed by atoms with E-state index < -0.39 is 0 Å². The van der Waals surface area contributed by atoms with Crippen molar-refractivity contribution in [3.8, 4) is 0 Å². The molecule has 0 spiro atoms. The third-order valence-electron chi connectivity index (χ3n) is 6.32. The number of imidazole rings is 1. The highest BCUT2D eigenvalue weighted by molar-refractivity contribution is 5.79. The van der Waals surface area contributed by atoms with Crippen LogP contribution in [0.15, 0.2) is 18.2 Å². The van der Waals surface area contributed by atoms with Crippen molar-refractivity contribution in [2.75, 3.05) is 5.73 Å². The van der Waals surface area contributed by atoms with Crippen LogP contribution in [-0.4, -0.2) is 9.55 Å². The largest absolute Gasteiger partial charge is 0.369 e. The Hall–Kier alpha value is -1.51. The van der Waals surface area contributed by atoms with Crippen LogP contribution < -0.4 is 5.73 Å². The smallest absolute Gasteiger partial charge is 0.201 e. The second kappa shape index (κ2) is 3.82. The minimum absolute atomic E-state index is 0.265. The maximum absolute atomic E-state index is 6.38. The van der Waals surface area contributed by atoms with Crippen LogP contribution in [0.5, 0.6) is 0 Å². The Bertz CT molecular complexity index is 692. The number of nitrogen functional groups attached to an aromatic ring is 1. The van der Waals surface area contributed by atoms with E-state index in [2.05, 4.69) is 34.7 Å². The number of nitrogens with two attached hydrogens (primary N) is 1. The van der Waals surface area contributed by atoms with Crippen molar-refractivity contribution >= 4 is 17.0 Å². The molecule has 1 aromatic carbocycles. The standard InChI is InChI=1S/C18H23N3/c1-11-2-3-15-16(4-11)21(17(19)20-15)18-8-12-5-13(9-18)7-14(6-12)10-18/h2-4,12-14H,5-10H2,1H3,(H2,19,20). The second-order valence-electron chi connectivity index (χ2n) is 7.94. The Morgan fingerprint density at radius 2 is 1.71 bits per heavy atom. The van der Waals surface area contributed by atoms with E-state index in [0.29, 0.717) is 0 Å². The zero-order valence-corrected chi connectivity index (χ0v) is 12.7. The van der Waals surface area contributed by atoms with Crippen LogP contribution in [0.2, 0.25) is 0 Å². The summed E-state index contributed by atoms with van der Waals surface area (Å²) in [7, 11) is 0. The van der Waals surface area contributed by atoms with Gasteiger partial charge in [0.2, 0.25) is 5.95 Å². The molecule has 2 aromatic rings. The van der Waals surface area contributed by atoms with Gasteiger partial charge in [0.1, 0.15) is 0 Å². The molecule has 4 fully saturated rings. The van der Waals surface area contributed by atoms with Gasteiger partial charge in [0.05, 0.1) is 11.0 Å². The van der Waals surface area contributed by atoms with E-state index in [9.17, 15) is 0 Å². The van der Waals surface area contributed by atoms with Crippen LogP contribution in [0.4, 0.5) is 5.95 Å². The SMILES string of the molecule is Cc1ccc2nc(N)n(C34CC5CC(CC(C5)C3)C4)c2c1. The lowest BCUT2D eigenvalue weighted by atomic mass is 9.53.